The van der Waals surface area contributed by atoms with Crippen LogP contribution >= 0.6 is 11.6 Å². The van der Waals surface area contributed by atoms with E-state index in [1.807, 2.05) is 36.4 Å². The van der Waals surface area contributed by atoms with Crippen molar-refractivity contribution in [3.05, 3.63) is 93.5 Å². The van der Waals surface area contributed by atoms with Crippen molar-refractivity contribution in [3.63, 3.8) is 0 Å². The number of nitrogens with one attached hydrogen (secondary N) is 2. The minimum Gasteiger partial charge on any atom is -0.292 e. The van der Waals surface area contributed by atoms with Crippen LogP contribution in [0.15, 0.2) is 72.8 Å². The molecule has 0 radical (unpaired) electrons. The second-order valence-corrected chi connectivity index (χ2v) is 5.82. The van der Waals surface area contributed by atoms with Crippen molar-refractivity contribution in [2.45, 2.75) is 0 Å². The maximum atomic E-state index is 12.5. The fourth-order valence-electron chi connectivity index (χ4n) is 2.44. The predicted octanol–water partition coefficient (Wildman–Crippen LogP) is 4.67. The summed E-state index contributed by atoms with van der Waals surface area (Å²) < 4.78 is 0. The van der Waals surface area contributed by atoms with Crippen molar-refractivity contribution in [3.8, 4) is 11.1 Å². The van der Waals surface area contributed by atoms with E-state index in [0.29, 0.717) is 0 Å². The van der Waals surface area contributed by atoms with E-state index >= 15 is 0 Å². The molecule has 0 aliphatic rings. The third-order valence-corrected chi connectivity index (χ3v) is 4.06. The van der Waals surface area contributed by atoms with E-state index in [4.69, 9.17) is 11.6 Å². The number of hydrazine groups is 1. The van der Waals surface area contributed by atoms with Gasteiger partial charge in [0.25, 0.3) is 11.6 Å². The van der Waals surface area contributed by atoms with Gasteiger partial charge in [0.05, 0.1) is 15.5 Å². The van der Waals surface area contributed by atoms with Crippen LogP contribution in [0.3, 0.4) is 0 Å². The number of hydrogen-bond donors (Lipinski definition) is 2. The summed E-state index contributed by atoms with van der Waals surface area (Å²) in [6.07, 6.45) is 0. The number of carbonyl (C=O) groups excluding carboxylic acids is 1. The summed E-state index contributed by atoms with van der Waals surface area (Å²) in [5, 5.41) is 11.3. The molecule has 0 fully saturated rings. The van der Waals surface area contributed by atoms with E-state index in [-0.39, 0.29) is 22.0 Å². The summed E-state index contributed by atoms with van der Waals surface area (Å²) in [5.41, 5.74) is 7.12. The number of rotatable bonds is 5. The van der Waals surface area contributed by atoms with Crippen LogP contribution in [0.4, 0.5) is 11.4 Å². The molecule has 3 aromatic rings. The maximum Gasteiger partial charge on any atom is 0.294 e. The second-order valence-electron chi connectivity index (χ2n) is 5.41. The van der Waals surface area contributed by atoms with E-state index in [1.54, 1.807) is 24.3 Å². The Bertz CT molecular complexity index is 961. The summed E-state index contributed by atoms with van der Waals surface area (Å²) in [6.45, 7) is 0. The highest BCUT2D eigenvalue weighted by molar-refractivity contribution is 6.34. The molecule has 26 heavy (non-hydrogen) atoms. The van der Waals surface area contributed by atoms with Crippen molar-refractivity contribution in [1.29, 1.82) is 0 Å². The summed E-state index contributed by atoms with van der Waals surface area (Å²) in [5.74, 6) is -0.495. The highest BCUT2D eigenvalue weighted by Gasteiger charge is 2.15. The van der Waals surface area contributed by atoms with Crippen molar-refractivity contribution in [1.82, 2.24) is 5.43 Å². The summed E-state index contributed by atoms with van der Waals surface area (Å²) in [4.78, 5) is 23.0. The SMILES string of the molecule is O=C(NNc1ccccc1[N+](=O)[O-])c1cc(-c2ccccc2)ccc1Cl. The molecule has 1 amide bonds. The number of amides is 1. The van der Waals surface area contributed by atoms with Gasteiger partial charge in [-0.25, -0.2) is 0 Å². The van der Waals surface area contributed by atoms with Crippen LogP contribution in [0.1, 0.15) is 10.4 Å². The minimum atomic E-state index is -0.530. The molecule has 130 valence electrons. The van der Waals surface area contributed by atoms with Crippen molar-refractivity contribution in [2.75, 3.05) is 5.43 Å². The first-order chi connectivity index (χ1) is 12.6. The maximum absolute atomic E-state index is 12.5. The van der Waals surface area contributed by atoms with Crippen molar-refractivity contribution < 1.29 is 9.72 Å². The molecular formula is C19H14ClN3O3. The Labute approximate surface area is 154 Å². The van der Waals surface area contributed by atoms with Crippen LogP contribution in [0.25, 0.3) is 11.1 Å². The Morgan fingerprint density at radius 1 is 0.923 bits per heavy atom. The van der Waals surface area contributed by atoms with Gasteiger partial charge >= 0.3 is 0 Å². The Hall–Kier alpha value is -3.38. The monoisotopic (exact) mass is 367 g/mol. The molecule has 0 unspecified atom stereocenters. The fourth-order valence-corrected chi connectivity index (χ4v) is 2.64. The normalized spacial score (nSPS) is 10.2. The first-order valence-electron chi connectivity index (χ1n) is 7.71. The first-order valence-corrected chi connectivity index (χ1v) is 8.09. The highest BCUT2D eigenvalue weighted by atomic mass is 35.5. The van der Waals surface area contributed by atoms with Crippen LogP contribution in [0.5, 0.6) is 0 Å². The Morgan fingerprint density at radius 3 is 2.35 bits per heavy atom. The van der Waals surface area contributed by atoms with Crippen LogP contribution < -0.4 is 10.9 Å². The van der Waals surface area contributed by atoms with Crippen LogP contribution in [-0.4, -0.2) is 10.8 Å². The lowest BCUT2D eigenvalue weighted by Crippen LogP contribution is -2.30. The molecule has 0 aliphatic heterocycles. The number of carbonyl (C=O) groups is 1. The number of para-hydroxylation sites is 2. The molecule has 0 aliphatic carbocycles. The molecule has 0 bridgehead atoms. The number of benzene rings is 3. The zero-order valence-electron chi connectivity index (χ0n) is 13.5. The quantitative estimate of drug-likeness (QED) is 0.507. The molecule has 0 atom stereocenters. The van der Waals surface area contributed by atoms with E-state index in [2.05, 4.69) is 10.9 Å². The minimum absolute atomic E-state index is 0.142. The molecule has 0 saturated carbocycles. The van der Waals surface area contributed by atoms with Gasteiger partial charge < -0.3 is 0 Å². The number of nitro groups is 1. The molecule has 0 heterocycles. The van der Waals surface area contributed by atoms with Crippen LogP contribution in [0, 0.1) is 10.1 Å². The summed E-state index contributed by atoms with van der Waals surface area (Å²) in [7, 11) is 0. The lowest BCUT2D eigenvalue weighted by atomic mass is 10.0. The molecular weight excluding hydrogens is 354 g/mol. The van der Waals surface area contributed by atoms with Crippen molar-refractivity contribution in [2.24, 2.45) is 0 Å². The molecule has 3 aromatic carbocycles. The molecule has 3 rings (SSSR count). The van der Waals surface area contributed by atoms with E-state index in [9.17, 15) is 14.9 Å². The van der Waals surface area contributed by atoms with Gasteiger partial charge in [-0.15, -0.1) is 0 Å². The highest BCUT2D eigenvalue weighted by Crippen LogP contribution is 2.26. The lowest BCUT2D eigenvalue weighted by Gasteiger charge is -2.11. The van der Waals surface area contributed by atoms with E-state index < -0.39 is 10.8 Å². The van der Waals surface area contributed by atoms with Gasteiger partial charge in [0.15, 0.2) is 0 Å². The zero-order valence-corrected chi connectivity index (χ0v) is 14.2. The van der Waals surface area contributed by atoms with Gasteiger partial charge in [-0.05, 0) is 29.3 Å². The molecule has 0 saturated heterocycles. The van der Waals surface area contributed by atoms with Gasteiger partial charge in [-0.1, -0.05) is 60.1 Å². The average Bonchev–Trinajstić information content (AvgIpc) is 2.67. The molecule has 0 spiro atoms. The number of hydrogen-bond acceptors (Lipinski definition) is 4. The Balaban J connectivity index is 1.81. The number of nitro benzene ring substituents is 1. The first kappa shape index (κ1) is 17.4. The largest absolute Gasteiger partial charge is 0.294 e. The van der Waals surface area contributed by atoms with E-state index in [1.165, 1.54) is 12.1 Å². The van der Waals surface area contributed by atoms with Crippen molar-refractivity contribution >= 4 is 28.9 Å². The smallest absolute Gasteiger partial charge is 0.292 e. The van der Waals surface area contributed by atoms with E-state index in [0.717, 1.165) is 11.1 Å². The Morgan fingerprint density at radius 2 is 1.62 bits per heavy atom. The fraction of sp³-hybridized carbons (Fsp3) is 0. The lowest BCUT2D eigenvalue weighted by molar-refractivity contribution is -0.384. The molecule has 6 nitrogen and oxygen atoms in total. The van der Waals surface area contributed by atoms with Gasteiger partial charge in [0.1, 0.15) is 5.69 Å². The number of anilines is 1. The third kappa shape index (κ3) is 3.81. The Kier molecular flexibility index (Phi) is 5.15. The predicted molar refractivity (Wildman–Crippen MR) is 101 cm³/mol. The topological polar surface area (TPSA) is 84.3 Å². The van der Waals surface area contributed by atoms with Crippen LogP contribution in [0.2, 0.25) is 5.02 Å². The summed E-state index contributed by atoms with van der Waals surface area (Å²) in [6, 6.07) is 20.7. The van der Waals surface area contributed by atoms with Crippen LogP contribution in [-0.2, 0) is 0 Å². The molecule has 0 aromatic heterocycles. The zero-order chi connectivity index (χ0) is 18.5. The second kappa shape index (κ2) is 7.67. The van der Waals surface area contributed by atoms with Gasteiger partial charge in [0.2, 0.25) is 0 Å². The molecule has 2 N–H and O–H groups in total. The van der Waals surface area contributed by atoms with Gasteiger partial charge in [-0.3, -0.25) is 25.8 Å². The number of nitrogens with zero attached hydrogens (tertiary/aromatic N) is 1. The summed E-state index contributed by atoms with van der Waals surface area (Å²) >= 11 is 6.15. The molecule has 7 heteroatoms. The van der Waals surface area contributed by atoms with Gasteiger partial charge in [-0.2, -0.15) is 0 Å². The third-order valence-electron chi connectivity index (χ3n) is 3.73. The average molecular weight is 368 g/mol. The van der Waals surface area contributed by atoms with Gasteiger partial charge in [0, 0.05) is 6.07 Å². The number of halogens is 1. The standard InChI is InChI=1S/C19H14ClN3O3/c20-16-11-10-14(13-6-2-1-3-7-13)12-15(16)19(24)22-21-17-8-4-5-9-18(17)23(25)26/h1-12,21H,(H,22,24).